The Labute approximate surface area is 119 Å². The molecule has 0 spiro atoms. The van der Waals surface area contributed by atoms with Crippen LogP contribution >= 0.6 is 0 Å². The average Bonchev–Trinajstić information content (AvgIpc) is 2.83. The minimum atomic E-state index is -2.54. The Kier molecular flexibility index (Phi) is 4.80. The van der Waals surface area contributed by atoms with E-state index in [-0.39, 0.29) is 17.4 Å². The highest BCUT2D eigenvalue weighted by Gasteiger charge is 2.42. The average molecular weight is 303 g/mol. The van der Waals surface area contributed by atoms with Gasteiger partial charge in [-0.1, -0.05) is 13.3 Å². The Balaban J connectivity index is 2.17. The molecule has 1 N–H and O–H groups in total. The Bertz CT molecular complexity index is 497. The SMILES string of the molecule is CCC1CC(C(=O)O)C(C(=O)N=S2(=O)CCOCC2)C1. The van der Waals surface area contributed by atoms with Crippen LogP contribution in [-0.4, -0.2) is 45.9 Å². The molecule has 6 nitrogen and oxygen atoms in total. The van der Waals surface area contributed by atoms with Crippen molar-refractivity contribution in [3.05, 3.63) is 0 Å². The standard InChI is InChI=1S/C13H21NO5S/c1-2-9-7-10(11(8-9)13(16)17)12(15)14-20(18)5-3-19-4-6-20/h9-11H,2-8H2,1H3,(H,16,17). The molecule has 0 bridgehead atoms. The van der Waals surface area contributed by atoms with Crippen molar-refractivity contribution >= 4 is 21.6 Å². The molecule has 0 aromatic rings. The summed E-state index contributed by atoms with van der Waals surface area (Å²) in [7, 11) is -2.54. The Morgan fingerprint density at radius 2 is 1.85 bits per heavy atom. The van der Waals surface area contributed by atoms with Crippen LogP contribution in [-0.2, 0) is 24.1 Å². The van der Waals surface area contributed by atoms with Gasteiger partial charge in [-0.05, 0) is 18.8 Å². The van der Waals surface area contributed by atoms with Gasteiger partial charge in [-0.15, -0.1) is 0 Å². The number of ether oxygens (including phenoxy) is 1. The van der Waals surface area contributed by atoms with Crippen LogP contribution in [0.25, 0.3) is 0 Å². The minimum absolute atomic E-state index is 0.243. The summed E-state index contributed by atoms with van der Waals surface area (Å²) in [5.41, 5.74) is 0. The van der Waals surface area contributed by atoms with E-state index in [0.717, 1.165) is 6.42 Å². The molecule has 2 fully saturated rings. The second-order valence-corrected chi connectivity index (χ2v) is 8.06. The number of hydrogen-bond donors (Lipinski definition) is 1. The van der Waals surface area contributed by atoms with E-state index < -0.39 is 33.4 Å². The maximum atomic E-state index is 12.4. The molecule has 1 amide bonds. The summed E-state index contributed by atoms with van der Waals surface area (Å²) in [6.45, 7) is 2.69. The van der Waals surface area contributed by atoms with Crippen molar-refractivity contribution in [2.75, 3.05) is 24.7 Å². The molecule has 3 atom stereocenters. The fourth-order valence-corrected chi connectivity index (χ4v) is 4.53. The molecule has 2 rings (SSSR count). The highest BCUT2D eigenvalue weighted by Crippen LogP contribution is 2.39. The van der Waals surface area contributed by atoms with Crippen LogP contribution in [0, 0.1) is 17.8 Å². The normalized spacial score (nSPS) is 32.8. The summed E-state index contributed by atoms with van der Waals surface area (Å²) in [6.07, 6.45) is 1.92. The largest absolute Gasteiger partial charge is 0.481 e. The van der Waals surface area contributed by atoms with E-state index in [2.05, 4.69) is 4.36 Å². The minimum Gasteiger partial charge on any atom is -0.481 e. The number of aliphatic carboxylic acids is 1. The smallest absolute Gasteiger partial charge is 0.307 e. The maximum Gasteiger partial charge on any atom is 0.307 e. The number of hydrogen-bond acceptors (Lipinski definition) is 4. The van der Waals surface area contributed by atoms with Gasteiger partial charge in [0.2, 0.25) is 0 Å². The molecule has 1 saturated carbocycles. The van der Waals surface area contributed by atoms with Gasteiger partial charge >= 0.3 is 5.97 Å². The van der Waals surface area contributed by atoms with Crippen molar-refractivity contribution in [3.8, 4) is 0 Å². The zero-order valence-electron chi connectivity index (χ0n) is 11.6. The quantitative estimate of drug-likeness (QED) is 0.844. The fraction of sp³-hybridized carbons (Fsp3) is 0.846. The first kappa shape index (κ1) is 15.4. The van der Waals surface area contributed by atoms with Gasteiger partial charge in [-0.3, -0.25) is 9.59 Å². The van der Waals surface area contributed by atoms with E-state index in [9.17, 15) is 18.9 Å². The molecule has 0 radical (unpaired) electrons. The highest BCUT2D eigenvalue weighted by molar-refractivity contribution is 7.93. The molecule has 2 aliphatic rings. The number of nitrogens with zero attached hydrogens (tertiary/aromatic N) is 1. The first-order valence-electron chi connectivity index (χ1n) is 7.02. The van der Waals surface area contributed by atoms with Gasteiger partial charge in [-0.25, -0.2) is 4.21 Å². The summed E-state index contributed by atoms with van der Waals surface area (Å²) >= 11 is 0. The van der Waals surface area contributed by atoms with Gasteiger partial charge in [0.15, 0.2) is 0 Å². The van der Waals surface area contributed by atoms with Crippen LogP contribution in [0.5, 0.6) is 0 Å². The Morgan fingerprint density at radius 1 is 1.25 bits per heavy atom. The highest BCUT2D eigenvalue weighted by atomic mass is 32.2. The monoisotopic (exact) mass is 303 g/mol. The van der Waals surface area contributed by atoms with Crippen molar-refractivity contribution in [2.45, 2.75) is 26.2 Å². The second-order valence-electron chi connectivity index (χ2n) is 5.52. The van der Waals surface area contributed by atoms with Crippen molar-refractivity contribution in [2.24, 2.45) is 22.1 Å². The number of carbonyl (C=O) groups is 2. The molecule has 0 aromatic heterocycles. The molecule has 7 heteroatoms. The van der Waals surface area contributed by atoms with E-state index in [0.29, 0.717) is 26.1 Å². The number of carbonyl (C=O) groups excluding carboxylic acids is 1. The lowest BCUT2D eigenvalue weighted by Crippen LogP contribution is -2.29. The molecule has 3 unspecified atom stereocenters. The van der Waals surface area contributed by atoms with Gasteiger partial charge in [0.1, 0.15) is 0 Å². The van der Waals surface area contributed by atoms with Crippen LogP contribution in [0.3, 0.4) is 0 Å². The molecule has 1 saturated heterocycles. The van der Waals surface area contributed by atoms with Gasteiger partial charge in [0, 0.05) is 0 Å². The number of rotatable bonds is 3. The third kappa shape index (κ3) is 3.38. The van der Waals surface area contributed by atoms with E-state index in [1.807, 2.05) is 6.92 Å². The number of amides is 1. The lowest BCUT2D eigenvalue weighted by Gasteiger charge is -2.17. The number of carboxylic acids is 1. The number of carboxylic acid groups (broad SMARTS) is 1. The summed E-state index contributed by atoms with van der Waals surface area (Å²) in [4.78, 5) is 23.5. The molecular formula is C13H21NO5S. The zero-order valence-corrected chi connectivity index (χ0v) is 12.4. The summed E-state index contributed by atoms with van der Waals surface area (Å²) in [6, 6.07) is 0. The predicted octanol–water partition coefficient (Wildman–Crippen LogP) is 1.15. The summed E-state index contributed by atoms with van der Waals surface area (Å²) in [5.74, 6) is -1.96. The van der Waals surface area contributed by atoms with Crippen LogP contribution in [0.4, 0.5) is 0 Å². The molecular weight excluding hydrogens is 282 g/mol. The Hall–Kier alpha value is -0.950. The van der Waals surface area contributed by atoms with Gasteiger partial charge < -0.3 is 9.84 Å². The maximum absolute atomic E-state index is 12.4. The second kappa shape index (κ2) is 6.22. The summed E-state index contributed by atoms with van der Waals surface area (Å²) in [5, 5.41) is 9.23. The van der Waals surface area contributed by atoms with Crippen molar-refractivity contribution in [1.29, 1.82) is 0 Å². The molecule has 1 heterocycles. The van der Waals surface area contributed by atoms with Crippen molar-refractivity contribution in [3.63, 3.8) is 0 Å². The molecule has 114 valence electrons. The fourth-order valence-electron chi connectivity index (χ4n) is 2.93. The lowest BCUT2D eigenvalue weighted by molar-refractivity contribution is -0.145. The molecule has 0 aromatic carbocycles. The van der Waals surface area contributed by atoms with Gasteiger partial charge in [0.25, 0.3) is 5.91 Å². The van der Waals surface area contributed by atoms with Gasteiger partial charge in [0.05, 0.1) is 46.3 Å². The topological polar surface area (TPSA) is 93.0 Å². The molecule has 20 heavy (non-hydrogen) atoms. The van der Waals surface area contributed by atoms with Crippen LogP contribution in [0.2, 0.25) is 0 Å². The third-order valence-electron chi connectivity index (χ3n) is 4.22. The van der Waals surface area contributed by atoms with Crippen LogP contribution in [0.15, 0.2) is 4.36 Å². The molecule has 1 aliphatic heterocycles. The summed E-state index contributed by atoms with van der Waals surface area (Å²) < 4.78 is 21.4. The first-order chi connectivity index (χ1) is 9.45. The Morgan fingerprint density at radius 3 is 2.40 bits per heavy atom. The van der Waals surface area contributed by atoms with Crippen LogP contribution < -0.4 is 0 Å². The van der Waals surface area contributed by atoms with E-state index in [1.165, 1.54) is 0 Å². The van der Waals surface area contributed by atoms with E-state index in [4.69, 9.17) is 4.74 Å². The van der Waals surface area contributed by atoms with Crippen LogP contribution in [0.1, 0.15) is 26.2 Å². The lowest BCUT2D eigenvalue weighted by atomic mass is 9.96. The molecule has 1 aliphatic carbocycles. The van der Waals surface area contributed by atoms with E-state index in [1.54, 1.807) is 0 Å². The van der Waals surface area contributed by atoms with Gasteiger partial charge in [-0.2, -0.15) is 4.36 Å². The zero-order chi connectivity index (χ0) is 14.8. The van der Waals surface area contributed by atoms with Crippen molar-refractivity contribution in [1.82, 2.24) is 0 Å². The van der Waals surface area contributed by atoms with E-state index >= 15 is 0 Å². The predicted molar refractivity (Wildman–Crippen MR) is 73.8 cm³/mol. The third-order valence-corrected chi connectivity index (χ3v) is 6.34. The first-order valence-corrected chi connectivity index (χ1v) is 8.87. The van der Waals surface area contributed by atoms with Crippen molar-refractivity contribution < 1.29 is 23.6 Å².